The number of nitrogens with zero attached hydrogens (tertiary/aromatic N) is 5. The third-order valence-corrected chi connectivity index (χ3v) is 6.92. The molecule has 0 unspecified atom stereocenters. The van der Waals surface area contributed by atoms with Crippen molar-refractivity contribution < 1.29 is 0 Å². The molecule has 2 aromatic heterocycles. The number of anilines is 2. The first-order valence-corrected chi connectivity index (χ1v) is 10.6. The Hall–Kier alpha value is -2.44. The third-order valence-electron chi connectivity index (χ3n) is 5.52. The second kappa shape index (κ2) is 7.18. The Labute approximate surface area is 172 Å². The smallest absolute Gasteiger partial charge is 0.186 e. The van der Waals surface area contributed by atoms with Crippen LogP contribution in [0.25, 0.3) is 21.0 Å². The molecule has 4 aromatic rings. The molecular weight excluding hydrogens is 390 g/mol. The van der Waals surface area contributed by atoms with Crippen LogP contribution in [0.3, 0.4) is 0 Å². The maximum absolute atomic E-state index is 6.23. The number of fused-ring (bicyclic) bond motifs is 2. The number of aromatic nitrogens is 3. The van der Waals surface area contributed by atoms with Crippen LogP contribution in [-0.4, -0.2) is 41.4 Å². The van der Waals surface area contributed by atoms with Crippen molar-refractivity contribution in [2.45, 2.75) is 18.9 Å². The van der Waals surface area contributed by atoms with Crippen LogP contribution in [-0.2, 0) is 0 Å². The number of thiazole rings is 1. The quantitative estimate of drug-likeness (QED) is 0.476. The largest absolute Gasteiger partial charge is 0.354 e. The van der Waals surface area contributed by atoms with Gasteiger partial charge in [0.2, 0.25) is 0 Å². The second-order valence-electron chi connectivity index (χ2n) is 7.15. The van der Waals surface area contributed by atoms with Crippen molar-refractivity contribution in [2.24, 2.45) is 0 Å². The zero-order chi connectivity index (χ0) is 19.1. The number of piperidine rings is 1. The Morgan fingerprint density at radius 2 is 1.71 bits per heavy atom. The molecule has 0 spiro atoms. The van der Waals surface area contributed by atoms with E-state index >= 15 is 0 Å². The van der Waals surface area contributed by atoms with E-state index < -0.39 is 0 Å². The Kier molecular flexibility index (Phi) is 4.53. The Morgan fingerprint density at radius 1 is 1.00 bits per heavy atom. The van der Waals surface area contributed by atoms with Gasteiger partial charge < -0.3 is 9.80 Å². The Bertz CT molecular complexity index is 1100. The van der Waals surface area contributed by atoms with E-state index in [2.05, 4.69) is 51.3 Å². The van der Waals surface area contributed by atoms with Crippen molar-refractivity contribution in [3.8, 4) is 0 Å². The van der Waals surface area contributed by atoms with Gasteiger partial charge in [0.1, 0.15) is 0 Å². The van der Waals surface area contributed by atoms with Crippen LogP contribution in [0.15, 0.2) is 48.5 Å². The molecule has 5 nitrogen and oxygen atoms in total. The first-order valence-electron chi connectivity index (χ1n) is 9.45. The fourth-order valence-electron chi connectivity index (χ4n) is 3.92. The minimum atomic E-state index is 0.463. The number of rotatable bonds is 3. The first kappa shape index (κ1) is 17.6. The zero-order valence-electron chi connectivity index (χ0n) is 15.5. The predicted octanol–water partition coefficient (Wildman–Crippen LogP) is 5.00. The van der Waals surface area contributed by atoms with E-state index in [4.69, 9.17) is 16.6 Å². The van der Waals surface area contributed by atoms with Crippen molar-refractivity contribution in [3.63, 3.8) is 0 Å². The molecule has 0 aliphatic carbocycles. The highest BCUT2D eigenvalue weighted by atomic mass is 35.5. The number of para-hydroxylation sites is 1. The molecule has 0 radical (unpaired) electrons. The molecule has 2 aromatic carbocycles. The van der Waals surface area contributed by atoms with Crippen molar-refractivity contribution in [2.75, 3.05) is 29.9 Å². The van der Waals surface area contributed by atoms with E-state index in [1.54, 1.807) is 11.3 Å². The molecule has 0 atom stereocenters. The van der Waals surface area contributed by atoms with Gasteiger partial charge >= 0.3 is 0 Å². The molecule has 5 rings (SSSR count). The normalized spacial score (nSPS) is 15.4. The molecule has 1 aliphatic heterocycles. The van der Waals surface area contributed by atoms with Crippen LogP contribution in [0.2, 0.25) is 5.15 Å². The zero-order valence-corrected chi connectivity index (χ0v) is 17.1. The van der Waals surface area contributed by atoms with Gasteiger partial charge in [-0.25, -0.2) is 4.98 Å². The van der Waals surface area contributed by atoms with Gasteiger partial charge in [0, 0.05) is 37.0 Å². The van der Waals surface area contributed by atoms with E-state index in [0.717, 1.165) is 53.2 Å². The molecule has 3 heterocycles. The van der Waals surface area contributed by atoms with Gasteiger partial charge in [-0.15, -0.1) is 10.2 Å². The van der Waals surface area contributed by atoms with Crippen molar-refractivity contribution in [1.82, 2.24) is 15.2 Å². The maximum Gasteiger partial charge on any atom is 0.186 e. The monoisotopic (exact) mass is 409 g/mol. The van der Waals surface area contributed by atoms with Crippen LogP contribution in [0.4, 0.5) is 10.9 Å². The minimum absolute atomic E-state index is 0.463. The summed E-state index contributed by atoms with van der Waals surface area (Å²) >= 11 is 7.99. The van der Waals surface area contributed by atoms with Crippen LogP contribution in [0, 0.1) is 0 Å². The number of hydrogen-bond acceptors (Lipinski definition) is 6. The first-order chi connectivity index (χ1) is 13.7. The molecule has 28 heavy (non-hydrogen) atoms. The highest BCUT2D eigenvalue weighted by Crippen LogP contribution is 2.33. The van der Waals surface area contributed by atoms with Gasteiger partial charge in [-0.05, 0) is 25.0 Å². The summed E-state index contributed by atoms with van der Waals surface area (Å²) in [6.07, 6.45) is 2.12. The van der Waals surface area contributed by atoms with Crippen LogP contribution in [0.1, 0.15) is 12.8 Å². The van der Waals surface area contributed by atoms with Gasteiger partial charge in [0.25, 0.3) is 0 Å². The highest BCUT2D eigenvalue weighted by molar-refractivity contribution is 7.22. The minimum Gasteiger partial charge on any atom is -0.354 e. The fraction of sp³-hybridized carbons (Fsp3) is 0.286. The lowest BCUT2D eigenvalue weighted by Crippen LogP contribution is -2.44. The summed E-state index contributed by atoms with van der Waals surface area (Å²) in [5.41, 5.74) is 1.08. The summed E-state index contributed by atoms with van der Waals surface area (Å²) in [6.45, 7) is 1.89. The second-order valence-corrected chi connectivity index (χ2v) is 8.52. The Morgan fingerprint density at radius 3 is 2.50 bits per heavy atom. The van der Waals surface area contributed by atoms with Gasteiger partial charge in [0.15, 0.2) is 16.1 Å². The van der Waals surface area contributed by atoms with Crippen LogP contribution < -0.4 is 9.80 Å². The number of hydrogen-bond donors (Lipinski definition) is 0. The SMILES string of the molecule is CN(c1nc2ccccc2s1)C1CCN(c2nnc(Cl)c3ccccc23)CC1. The third kappa shape index (κ3) is 3.06. The average Bonchev–Trinajstić information content (AvgIpc) is 3.18. The van der Waals surface area contributed by atoms with Crippen molar-refractivity contribution in [1.29, 1.82) is 0 Å². The van der Waals surface area contributed by atoms with Crippen molar-refractivity contribution >= 4 is 54.9 Å². The molecule has 0 N–H and O–H groups in total. The molecule has 1 fully saturated rings. The summed E-state index contributed by atoms with van der Waals surface area (Å²) in [5.74, 6) is 0.932. The molecule has 1 aliphatic rings. The van der Waals surface area contributed by atoms with Gasteiger partial charge in [-0.2, -0.15) is 0 Å². The number of benzene rings is 2. The summed E-state index contributed by atoms with van der Waals surface area (Å²) in [7, 11) is 2.16. The molecule has 0 saturated carbocycles. The van der Waals surface area contributed by atoms with Gasteiger partial charge in [-0.3, -0.25) is 0 Å². The maximum atomic E-state index is 6.23. The summed E-state index contributed by atoms with van der Waals surface area (Å²) in [6, 6.07) is 16.9. The van der Waals surface area contributed by atoms with Gasteiger partial charge in [-0.1, -0.05) is 59.3 Å². The Balaban J connectivity index is 1.34. The molecule has 1 saturated heterocycles. The van der Waals surface area contributed by atoms with E-state index in [1.165, 1.54) is 4.70 Å². The predicted molar refractivity (Wildman–Crippen MR) is 118 cm³/mol. The lowest BCUT2D eigenvalue weighted by atomic mass is 10.0. The van der Waals surface area contributed by atoms with E-state index in [0.29, 0.717) is 11.2 Å². The molecule has 0 bridgehead atoms. The fourth-order valence-corrected chi connectivity index (χ4v) is 5.12. The average molecular weight is 410 g/mol. The lowest BCUT2D eigenvalue weighted by molar-refractivity contribution is 0.480. The van der Waals surface area contributed by atoms with E-state index in [9.17, 15) is 0 Å². The molecule has 7 heteroatoms. The summed E-state index contributed by atoms with van der Waals surface area (Å²) in [5, 5.41) is 12.2. The summed E-state index contributed by atoms with van der Waals surface area (Å²) in [4.78, 5) is 9.48. The molecule has 142 valence electrons. The lowest BCUT2D eigenvalue weighted by Gasteiger charge is -2.37. The van der Waals surface area contributed by atoms with Crippen LogP contribution in [0.5, 0.6) is 0 Å². The van der Waals surface area contributed by atoms with E-state index in [1.807, 2.05) is 24.3 Å². The van der Waals surface area contributed by atoms with Crippen LogP contribution >= 0.6 is 22.9 Å². The van der Waals surface area contributed by atoms with Crippen molar-refractivity contribution in [3.05, 3.63) is 53.7 Å². The summed E-state index contributed by atoms with van der Waals surface area (Å²) < 4.78 is 1.24. The number of halogens is 1. The van der Waals surface area contributed by atoms with E-state index in [-0.39, 0.29) is 0 Å². The highest BCUT2D eigenvalue weighted by Gasteiger charge is 2.26. The topological polar surface area (TPSA) is 45.2 Å². The molecule has 0 amide bonds. The molecular formula is C21H20ClN5S. The standard InChI is InChI=1S/C21H20ClN5S/c1-26(21-23-17-8-4-5-9-18(17)28-21)14-10-12-27(13-11-14)20-16-7-3-2-6-15(16)19(22)24-25-20/h2-9,14H,10-13H2,1H3. The van der Waals surface area contributed by atoms with Gasteiger partial charge in [0.05, 0.1) is 10.2 Å².